The van der Waals surface area contributed by atoms with Gasteiger partial charge in [-0.2, -0.15) is 0 Å². The van der Waals surface area contributed by atoms with Crippen molar-refractivity contribution in [2.75, 3.05) is 0 Å². The maximum atomic E-state index is 3.25. The molecule has 1 aliphatic rings. The van der Waals surface area contributed by atoms with E-state index in [2.05, 4.69) is 86.4 Å². The predicted molar refractivity (Wildman–Crippen MR) is 122 cm³/mol. The van der Waals surface area contributed by atoms with E-state index in [9.17, 15) is 0 Å². The van der Waals surface area contributed by atoms with Gasteiger partial charge in [-0.1, -0.05) is 74.6 Å². The second-order valence-corrected chi connectivity index (χ2v) is 8.14. The van der Waals surface area contributed by atoms with Gasteiger partial charge in [0.05, 0.1) is 0 Å². The molecular weight excluding hydrogens is 336 g/mol. The summed E-state index contributed by atoms with van der Waals surface area (Å²) in [4.78, 5) is 0. The molecule has 1 fully saturated rings. The highest BCUT2D eigenvalue weighted by Crippen LogP contribution is 2.36. The second-order valence-electron chi connectivity index (χ2n) is 8.14. The van der Waals surface area contributed by atoms with Gasteiger partial charge in [0.2, 0.25) is 0 Å². The fourth-order valence-electron chi connectivity index (χ4n) is 4.12. The molecule has 0 atom stereocenters. The molecule has 0 amide bonds. The molecule has 0 unspecified atom stereocenters. The molecule has 0 N–H and O–H groups in total. The van der Waals surface area contributed by atoms with Crippen LogP contribution in [0.1, 0.15) is 80.5 Å². The minimum Gasteiger partial charge on any atom is -0.0730 e. The average molecular weight is 371 g/mol. The van der Waals surface area contributed by atoms with Crippen LogP contribution >= 0.6 is 0 Å². The number of hydrogen-bond acceptors (Lipinski definition) is 0. The van der Waals surface area contributed by atoms with Crippen LogP contribution in [0.3, 0.4) is 0 Å². The standard InChI is InChI=1S/C28H34/c1-3-5-8-24-15-19-27(20-16-24)28-21-17-26(18-22-28)10-7-6-9-25-13-11-23(4-2)12-14-25/h7,10-16,19-20,26,28H,3-5,8,17-18,21-22H2,1-2H3/t26-,28-. The average Bonchev–Trinajstić information content (AvgIpc) is 2.76. The fraction of sp³-hybridized carbons (Fsp3) is 0.429. The molecule has 0 spiro atoms. The summed E-state index contributed by atoms with van der Waals surface area (Å²) in [7, 11) is 0. The smallest absolute Gasteiger partial charge is 0.0249 e. The van der Waals surface area contributed by atoms with Crippen LogP contribution in [0.4, 0.5) is 0 Å². The van der Waals surface area contributed by atoms with E-state index >= 15 is 0 Å². The van der Waals surface area contributed by atoms with Crippen molar-refractivity contribution in [2.24, 2.45) is 5.92 Å². The molecule has 28 heavy (non-hydrogen) atoms. The third-order valence-corrected chi connectivity index (χ3v) is 6.07. The topological polar surface area (TPSA) is 0 Å². The Morgan fingerprint density at radius 3 is 2.18 bits per heavy atom. The van der Waals surface area contributed by atoms with E-state index in [4.69, 9.17) is 0 Å². The Morgan fingerprint density at radius 2 is 1.54 bits per heavy atom. The van der Waals surface area contributed by atoms with Crippen LogP contribution in [-0.4, -0.2) is 0 Å². The lowest BCUT2D eigenvalue weighted by molar-refractivity contribution is 0.376. The molecule has 0 aliphatic heterocycles. The summed E-state index contributed by atoms with van der Waals surface area (Å²) < 4.78 is 0. The molecule has 2 aromatic carbocycles. The molecule has 1 aliphatic carbocycles. The van der Waals surface area contributed by atoms with Crippen molar-refractivity contribution in [3.63, 3.8) is 0 Å². The van der Waals surface area contributed by atoms with Crippen LogP contribution in [0, 0.1) is 17.8 Å². The minimum absolute atomic E-state index is 0.692. The third-order valence-electron chi connectivity index (χ3n) is 6.07. The molecule has 0 heteroatoms. The summed E-state index contributed by atoms with van der Waals surface area (Å²) in [5.41, 5.74) is 5.50. The van der Waals surface area contributed by atoms with Crippen LogP contribution in [-0.2, 0) is 12.8 Å². The van der Waals surface area contributed by atoms with Crippen molar-refractivity contribution in [1.82, 2.24) is 0 Å². The summed E-state index contributed by atoms with van der Waals surface area (Å²) in [5, 5.41) is 0. The summed E-state index contributed by atoms with van der Waals surface area (Å²) in [6, 6.07) is 18.0. The highest BCUT2D eigenvalue weighted by molar-refractivity contribution is 5.38. The maximum Gasteiger partial charge on any atom is 0.0249 e. The van der Waals surface area contributed by atoms with Crippen LogP contribution in [0.25, 0.3) is 0 Å². The lowest BCUT2D eigenvalue weighted by Crippen LogP contribution is -2.11. The first-order valence-corrected chi connectivity index (χ1v) is 11.1. The molecule has 0 bridgehead atoms. The Balaban J connectivity index is 1.46. The van der Waals surface area contributed by atoms with Crippen LogP contribution in [0.15, 0.2) is 60.7 Å². The van der Waals surface area contributed by atoms with Crippen molar-refractivity contribution in [1.29, 1.82) is 0 Å². The quantitative estimate of drug-likeness (QED) is 0.462. The largest absolute Gasteiger partial charge is 0.0730 e. The number of rotatable bonds is 6. The molecule has 3 rings (SSSR count). The Kier molecular flexibility index (Phi) is 7.98. The maximum absolute atomic E-state index is 3.25. The van der Waals surface area contributed by atoms with E-state index in [0.717, 1.165) is 17.9 Å². The van der Waals surface area contributed by atoms with Crippen LogP contribution < -0.4 is 0 Å². The zero-order valence-corrected chi connectivity index (χ0v) is 17.6. The molecule has 2 aromatic rings. The number of aryl methyl sites for hydroxylation is 2. The zero-order chi connectivity index (χ0) is 19.6. The third kappa shape index (κ3) is 6.13. The number of hydrogen-bond donors (Lipinski definition) is 0. The summed E-state index contributed by atoms with van der Waals surface area (Å²) >= 11 is 0. The predicted octanol–water partition coefficient (Wildman–Crippen LogP) is 7.47. The normalized spacial score (nSPS) is 19.4. The lowest BCUT2D eigenvalue weighted by atomic mass is 9.78. The van der Waals surface area contributed by atoms with E-state index in [1.807, 2.05) is 0 Å². The van der Waals surface area contributed by atoms with Crippen molar-refractivity contribution < 1.29 is 0 Å². The molecule has 0 radical (unpaired) electrons. The van der Waals surface area contributed by atoms with Gasteiger partial charge in [-0.3, -0.25) is 0 Å². The van der Waals surface area contributed by atoms with Gasteiger partial charge >= 0.3 is 0 Å². The molecule has 0 aromatic heterocycles. The molecule has 0 nitrogen and oxygen atoms in total. The summed E-state index contributed by atoms with van der Waals surface area (Å²) in [5.74, 6) is 7.91. The molecule has 0 saturated heterocycles. The van der Waals surface area contributed by atoms with E-state index in [-0.39, 0.29) is 0 Å². The van der Waals surface area contributed by atoms with Crippen molar-refractivity contribution in [2.45, 2.75) is 71.1 Å². The van der Waals surface area contributed by atoms with E-state index < -0.39 is 0 Å². The first-order valence-electron chi connectivity index (χ1n) is 11.1. The van der Waals surface area contributed by atoms with Crippen LogP contribution in [0.5, 0.6) is 0 Å². The number of allylic oxidation sites excluding steroid dienone is 2. The van der Waals surface area contributed by atoms with Gasteiger partial charge in [0.25, 0.3) is 0 Å². The minimum atomic E-state index is 0.692. The van der Waals surface area contributed by atoms with E-state index in [1.54, 1.807) is 0 Å². The Bertz CT molecular complexity index is 788. The lowest BCUT2D eigenvalue weighted by Gasteiger charge is -2.27. The molecule has 146 valence electrons. The highest BCUT2D eigenvalue weighted by atomic mass is 14.3. The van der Waals surface area contributed by atoms with Crippen LogP contribution in [0.2, 0.25) is 0 Å². The highest BCUT2D eigenvalue weighted by Gasteiger charge is 2.20. The van der Waals surface area contributed by atoms with E-state index in [0.29, 0.717) is 5.92 Å². The van der Waals surface area contributed by atoms with Crippen molar-refractivity contribution in [3.8, 4) is 11.8 Å². The fourth-order valence-corrected chi connectivity index (χ4v) is 4.12. The zero-order valence-electron chi connectivity index (χ0n) is 17.6. The van der Waals surface area contributed by atoms with Gasteiger partial charge < -0.3 is 0 Å². The van der Waals surface area contributed by atoms with Gasteiger partial charge in [0.15, 0.2) is 0 Å². The Labute approximate surface area is 172 Å². The molecule has 1 saturated carbocycles. The Morgan fingerprint density at radius 1 is 0.857 bits per heavy atom. The van der Waals surface area contributed by atoms with Gasteiger partial charge in [-0.05, 0) is 91.7 Å². The summed E-state index contributed by atoms with van der Waals surface area (Å²) in [6.07, 6.45) is 14.4. The molecular formula is C28H34. The molecule has 0 heterocycles. The first kappa shape index (κ1) is 20.5. The summed E-state index contributed by atoms with van der Waals surface area (Å²) in [6.45, 7) is 4.44. The Hall–Kier alpha value is -2.26. The second kappa shape index (κ2) is 10.9. The number of benzene rings is 2. The number of unbranched alkanes of at least 4 members (excludes halogenated alkanes) is 1. The van der Waals surface area contributed by atoms with Gasteiger partial charge in [0.1, 0.15) is 0 Å². The monoisotopic (exact) mass is 370 g/mol. The van der Waals surface area contributed by atoms with Gasteiger partial charge in [-0.25, -0.2) is 0 Å². The SMILES string of the molecule is CCCCc1ccc([C@H]2CC[C@H](C=CC#Cc3ccc(CC)cc3)CC2)cc1. The van der Waals surface area contributed by atoms with E-state index in [1.165, 1.54) is 61.6 Å². The van der Waals surface area contributed by atoms with Gasteiger partial charge in [0, 0.05) is 5.56 Å². The van der Waals surface area contributed by atoms with Crippen molar-refractivity contribution >= 4 is 0 Å². The van der Waals surface area contributed by atoms with Gasteiger partial charge in [-0.15, -0.1) is 0 Å². The first-order chi connectivity index (χ1) is 13.8. The van der Waals surface area contributed by atoms with Crippen molar-refractivity contribution in [3.05, 3.63) is 82.9 Å².